The first kappa shape index (κ1) is 11.9. The van der Waals surface area contributed by atoms with Gasteiger partial charge in [0.1, 0.15) is 0 Å². The minimum absolute atomic E-state index is 0.880. The smallest absolute Gasteiger partial charge is 0.0438 e. The van der Waals surface area contributed by atoms with Crippen molar-refractivity contribution in [2.75, 3.05) is 26.2 Å². The van der Waals surface area contributed by atoms with E-state index < -0.39 is 0 Å². The zero-order chi connectivity index (χ0) is 11.4. The Morgan fingerprint density at radius 1 is 1.31 bits per heavy atom. The molecule has 2 rings (SSSR count). The second-order valence-electron chi connectivity index (χ2n) is 4.46. The summed E-state index contributed by atoms with van der Waals surface area (Å²) in [7, 11) is 0. The van der Waals surface area contributed by atoms with Crippen LogP contribution >= 0.6 is 11.6 Å². The zero-order valence-corrected chi connectivity index (χ0v) is 10.6. The maximum atomic E-state index is 6.13. The van der Waals surface area contributed by atoms with Gasteiger partial charge in [-0.25, -0.2) is 0 Å². The van der Waals surface area contributed by atoms with Crippen molar-refractivity contribution in [1.29, 1.82) is 0 Å². The zero-order valence-electron chi connectivity index (χ0n) is 9.80. The van der Waals surface area contributed by atoms with Gasteiger partial charge in [0.05, 0.1) is 0 Å². The molecule has 1 fully saturated rings. The first-order valence-corrected chi connectivity index (χ1v) is 6.31. The predicted octanol–water partition coefficient (Wildman–Crippen LogP) is 2.44. The highest BCUT2D eigenvalue weighted by Gasteiger charge is 2.09. The molecule has 3 heteroatoms. The second-order valence-corrected chi connectivity index (χ2v) is 4.87. The molecule has 16 heavy (non-hydrogen) atoms. The fourth-order valence-electron chi connectivity index (χ4n) is 2.05. The molecule has 1 aromatic carbocycles. The number of rotatable bonds is 2. The van der Waals surface area contributed by atoms with E-state index in [4.69, 9.17) is 11.6 Å². The molecule has 0 spiro atoms. The van der Waals surface area contributed by atoms with Gasteiger partial charge in [0.2, 0.25) is 0 Å². The summed E-state index contributed by atoms with van der Waals surface area (Å²) < 4.78 is 0. The van der Waals surface area contributed by atoms with Crippen molar-refractivity contribution in [1.82, 2.24) is 10.2 Å². The summed E-state index contributed by atoms with van der Waals surface area (Å²) in [6.07, 6.45) is 1.24. The van der Waals surface area contributed by atoms with Crippen molar-refractivity contribution in [3.63, 3.8) is 0 Å². The molecule has 0 unspecified atom stereocenters. The molecular formula is C13H19ClN2. The summed E-state index contributed by atoms with van der Waals surface area (Å²) in [4.78, 5) is 2.49. The van der Waals surface area contributed by atoms with Crippen LogP contribution in [0.1, 0.15) is 17.5 Å². The van der Waals surface area contributed by atoms with E-state index in [1.165, 1.54) is 18.5 Å². The van der Waals surface area contributed by atoms with Crippen molar-refractivity contribution in [3.05, 3.63) is 34.3 Å². The highest BCUT2D eigenvalue weighted by Crippen LogP contribution is 2.18. The highest BCUT2D eigenvalue weighted by molar-refractivity contribution is 6.31. The Bertz CT molecular complexity index is 344. The van der Waals surface area contributed by atoms with E-state index in [0.29, 0.717) is 0 Å². The normalized spacial score (nSPS) is 18.4. The Morgan fingerprint density at radius 2 is 2.19 bits per heavy atom. The van der Waals surface area contributed by atoms with Gasteiger partial charge in [-0.15, -0.1) is 0 Å². The lowest BCUT2D eigenvalue weighted by Crippen LogP contribution is -2.27. The van der Waals surface area contributed by atoms with E-state index in [-0.39, 0.29) is 0 Å². The lowest BCUT2D eigenvalue weighted by Gasteiger charge is -2.19. The van der Waals surface area contributed by atoms with Crippen LogP contribution in [0.2, 0.25) is 5.02 Å². The maximum Gasteiger partial charge on any atom is 0.0438 e. The minimum atomic E-state index is 0.880. The molecule has 0 aliphatic carbocycles. The Morgan fingerprint density at radius 3 is 3.00 bits per heavy atom. The number of hydrogen-bond donors (Lipinski definition) is 1. The van der Waals surface area contributed by atoms with Gasteiger partial charge in [0.25, 0.3) is 0 Å². The largest absolute Gasteiger partial charge is 0.315 e. The molecule has 1 aromatic rings. The van der Waals surface area contributed by atoms with Gasteiger partial charge in [0, 0.05) is 24.7 Å². The number of nitrogens with one attached hydrogen (secondary N) is 1. The maximum absolute atomic E-state index is 6.13. The number of benzene rings is 1. The Balaban J connectivity index is 1.99. The van der Waals surface area contributed by atoms with Gasteiger partial charge in [-0.2, -0.15) is 0 Å². The van der Waals surface area contributed by atoms with Crippen LogP contribution in [0, 0.1) is 6.92 Å². The standard InChI is InChI=1S/C13H19ClN2/c1-11-3-4-12(9-13(11)14)10-16-7-2-5-15-6-8-16/h3-4,9,15H,2,5-8,10H2,1H3. The average Bonchev–Trinajstić information content (AvgIpc) is 2.52. The second kappa shape index (κ2) is 5.67. The molecule has 0 aromatic heterocycles. The summed E-state index contributed by atoms with van der Waals surface area (Å²) in [5.41, 5.74) is 2.47. The topological polar surface area (TPSA) is 15.3 Å². The van der Waals surface area contributed by atoms with Crippen LogP contribution in [-0.2, 0) is 6.54 Å². The molecule has 2 nitrogen and oxygen atoms in total. The molecule has 0 amide bonds. The van der Waals surface area contributed by atoms with Gasteiger partial charge in [-0.3, -0.25) is 4.90 Å². The third-order valence-electron chi connectivity index (χ3n) is 3.08. The summed E-state index contributed by atoms with van der Waals surface area (Å²) in [6, 6.07) is 6.38. The average molecular weight is 239 g/mol. The molecular weight excluding hydrogens is 220 g/mol. The molecule has 0 bridgehead atoms. The van der Waals surface area contributed by atoms with E-state index in [0.717, 1.165) is 36.8 Å². The fourth-order valence-corrected chi connectivity index (χ4v) is 2.26. The van der Waals surface area contributed by atoms with Crippen molar-refractivity contribution < 1.29 is 0 Å². The molecule has 1 saturated heterocycles. The van der Waals surface area contributed by atoms with Crippen LogP contribution in [0.4, 0.5) is 0 Å². The van der Waals surface area contributed by atoms with E-state index in [2.05, 4.69) is 28.4 Å². The first-order chi connectivity index (χ1) is 7.75. The van der Waals surface area contributed by atoms with Crippen molar-refractivity contribution in [2.24, 2.45) is 0 Å². The quantitative estimate of drug-likeness (QED) is 0.852. The van der Waals surface area contributed by atoms with Crippen molar-refractivity contribution in [2.45, 2.75) is 19.9 Å². The minimum Gasteiger partial charge on any atom is -0.315 e. The number of nitrogens with zero attached hydrogens (tertiary/aromatic N) is 1. The molecule has 0 saturated carbocycles. The third-order valence-corrected chi connectivity index (χ3v) is 3.48. The van der Waals surface area contributed by atoms with E-state index in [1.54, 1.807) is 0 Å². The summed E-state index contributed by atoms with van der Waals surface area (Å²) in [6.45, 7) is 7.61. The number of aryl methyl sites for hydroxylation is 1. The van der Waals surface area contributed by atoms with Gasteiger partial charge in [-0.05, 0) is 43.6 Å². The van der Waals surface area contributed by atoms with Crippen LogP contribution in [0.5, 0.6) is 0 Å². The van der Waals surface area contributed by atoms with Crippen LogP contribution in [-0.4, -0.2) is 31.1 Å². The molecule has 1 aliphatic rings. The van der Waals surface area contributed by atoms with Gasteiger partial charge < -0.3 is 5.32 Å². The summed E-state index contributed by atoms with van der Waals surface area (Å²) in [5.74, 6) is 0. The van der Waals surface area contributed by atoms with Crippen LogP contribution in [0.3, 0.4) is 0 Å². The Kier molecular flexibility index (Phi) is 4.22. The predicted molar refractivity (Wildman–Crippen MR) is 69.0 cm³/mol. The van der Waals surface area contributed by atoms with Crippen molar-refractivity contribution in [3.8, 4) is 0 Å². The summed E-state index contributed by atoms with van der Waals surface area (Å²) in [5, 5.41) is 4.30. The number of hydrogen-bond acceptors (Lipinski definition) is 2. The van der Waals surface area contributed by atoms with Gasteiger partial charge in [0.15, 0.2) is 0 Å². The molecule has 1 heterocycles. The molecule has 88 valence electrons. The lowest BCUT2D eigenvalue weighted by atomic mass is 10.1. The molecule has 1 N–H and O–H groups in total. The highest BCUT2D eigenvalue weighted by atomic mass is 35.5. The monoisotopic (exact) mass is 238 g/mol. The van der Waals surface area contributed by atoms with Gasteiger partial charge in [-0.1, -0.05) is 23.7 Å². The van der Waals surface area contributed by atoms with Crippen molar-refractivity contribution >= 4 is 11.6 Å². The van der Waals surface area contributed by atoms with Crippen LogP contribution < -0.4 is 5.32 Å². The first-order valence-electron chi connectivity index (χ1n) is 5.94. The van der Waals surface area contributed by atoms with Gasteiger partial charge >= 0.3 is 0 Å². The molecule has 0 atom stereocenters. The Hall–Kier alpha value is -0.570. The fraction of sp³-hybridized carbons (Fsp3) is 0.538. The lowest BCUT2D eigenvalue weighted by molar-refractivity contribution is 0.284. The van der Waals surface area contributed by atoms with E-state index in [9.17, 15) is 0 Å². The van der Waals surface area contributed by atoms with E-state index >= 15 is 0 Å². The Labute approximate surface area is 103 Å². The van der Waals surface area contributed by atoms with E-state index in [1.807, 2.05) is 6.92 Å². The van der Waals surface area contributed by atoms with Crippen LogP contribution in [0.15, 0.2) is 18.2 Å². The molecule has 1 aliphatic heterocycles. The third kappa shape index (κ3) is 3.21. The molecule has 0 radical (unpaired) electrons. The summed E-state index contributed by atoms with van der Waals surface area (Å²) >= 11 is 6.13. The van der Waals surface area contributed by atoms with Crippen LogP contribution in [0.25, 0.3) is 0 Å². The SMILES string of the molecule is Cc1ccc(CN2CCCNCC2)cc1Cl. The number of halogens is 1.